The molecule has 0 fully saturated rings. The number of hydrogen-bond donors (Lipinski definition) is 0. The van der Waals surface area contributed by atoms with Gasteiger partial charge in [0.15, 0.2) is 0 Å². The standard InChI is InChI=1S/C15H13Br2F/c1-10-2-7-15(18)13(8-10)14(17)9-11-3-5-12(16)6-4-11/h2-8,14H,9H2,1H3. The second-order valence-corrected chi connectivity index (χ2v) is 6.34. The molecule has 94 valence electrons. The van der Waals surface area contributed by atoms with Crippen molar-refractivity contribution in [2.75, 3.05) is 0 Å². The Hall–Kier alpha value is -0.670. The highest BCUT2D eigenvalue weighted by Crippen LogP contribution is 2.30. The molecule has 0 saturated carbocycles. The fourth-order valence-electron chi connectivity index (χ4n) is 1.84. The molecule has 0 amide bonds. The molecule has 18 heavy (non-hydrogen) atoms. The first-order valence-electron chi connectivity index (χ1n) is 5.71. The van der Waals surface area contributed by atoms with E-state index in [9.17, 15) is 4.39 Å². The van der Waals surface area contributed by atoms with Crippen LogP contribution in [0.3, 0.4) is 0 Å². The highest BCUT2D eigenvalue weighted by Gasteiger charge is 2.13. The molecule has 1 unspecified atom stereocenters. The van der Waals surface area contributed by atoms with Crippen LogP contribution in [0.5, 0.6) is 0 Å². The maximum atomic E-state index is 13.7. The number of rotatable bonds is 3. The van der Waals surface area contributed by atoms with E-state index in [2.05, 4.69) is 31.9 Å². The van der Waals surface area contributed by atoms with Crippen molar-refractivity contribution in [1.29, 1.82) is 0 Å². The minimum atomic E-state index is -0.153. The van der Waals surface area contributed by atoms with Crippen molar-refractivity contribution in [1.82, 2.24) is 0 Å². The Morgan fingerprint density at radius 3 is 2.44 bits per heavy atom. The minimum absolute atomic E-state index is 0.00132. The summed E-state index contributed by atoms with van der Waals surface area (Å²) in [7, 11) is 0. The molecule has 2 aromatic carbocycles. The summed E-state index contributed by atoms with van der Waals surface area (Å²) < 4.78 is 14.8. The van der Waals surface area contributed by atoms with Gasteiger partial charge in [0.2, 0.25) is 0 Å². The summed E-state index contributed by atoms with van der Waals surface area (Å²) in [6, 6.07) is 13.3. The van der Waals surface area contributed by atoms with Crippen molar-refractivity contribution in [3.8, 4) is 0 Å². The number of aryl methyl sites for hydroxylation is 1. The van der Waals surface area contributed by atoms with Gasteiger partial charge in [-0.3, -0.25) is 0 Å². The van der Waals surface area contributed by atoms with E-state index in [1.54, 1.807) is 6.07 Å². The van der Waals surface area contributed by atoms with Gasteiger partial charge in [-0.2, -0.15) is 0 Å². The third kappa shape index (κ3) is 3.42. The number of alkyl halides is 1. The summed E-state index contributed by atoms with van der Waals surface area (Å²) >= 11 is 6.98. The van der Waals surface area contributed by atoms with Crippen molar-refractivity contribution < 1.29 is 4.39 Å². The molecule has 0 saturated heterocycles. The van der Waals surface area contributed by atoms with Gasteiger partial charge in [0.05, 0.1) is 0 Å². The highest BCUT2D eigenvalue weighted by atomic mass is 79.9. The molecule has 0 spiro atoms. The van der Waals surface area contributed by atoms with Gasteiger partial charge in [0, 0.05) is 14.9 Å². The molecule has 1 atom stereocenters. The Morgan fingerprint density at radius 2 is 1.78 bits per heavy atom. The summed E-state index contributed by atoms with van der Waals surface area (Å²) in [4.78, 5) is -0.00132. The predicted octanol–water partition coefficient (Wildman–Crippen LogP) is 5.58. The lowest BCUT2D eigenvalue weighted by atomic mass is 10.0. The Labute approximate surface area is 123 Å². The van der Waals surface area contributed by atoms with E-state index in [0.717, 1.165) is 22.0 Å². The predicted molar refractivity (Wildman–Crippen MR) is 80.7 cm³/mol. The van der Waals surface area contributed by atoms with Crippen LogP contribution in [-0.4, -0.2) is 0 Å². The molecular weight excluding hydrogens is 359 g/mol. The summed E-state index contributed by atoms with van der Waals surface area (Å²) in [5.74, 6) is -0.153. The molecule has 0 bridgehead atoms. The second kappa shape index (κ2) is 5.98. The lowest BCUT2D eigenvalue weighted by Gasteiger charge is -2.12. The van der Waals surface area contributed by atoms with Crippen LogP contribution in [0.15, 0.2) is 46.9 Å². The molecule has 0 nitrogen and oxygen atoms in total. The molecule has 0 aliphatic heterocycles. The average Bonchev–Trinajstić information content (AvgIpc) is 2.35. The zero-order valence-corrected chi connectivity index (χ0v) is 13.1. The lowest BCUT2D eigenvalue weighted by Crippen LogP contribution is -1.99. The molecule has 0 aliphatic carbocycles. The average molecular weight is 372 g/mol. The van der Waals surface area contributed by atoms with Crippen LogP contribution in [0.1, 0.15) is 21.5 Å². The zero-order chi connectivity index (χ0) is 13.1. The molecule has 0 N–H and O–H groups in total. The van der Waals surface area contributed by atoms with Gasteiger partial charge in [-0.15, -0.1) is 0 Å². The second-order valence-electron chi connectivity index (χ2n) is 4.32. The van der Waals surface area contributed by atoms with Gasteiger partial charge >= 0.3 is 0 Å². The zero-order valence-electron chi connectivity index (χ0n) is 9.96. The Balaban J connectivity index is 2.18. The van der Waals surface area contributed by atoms with Gasteiger partial charge in [-0.05, 0) is 37.1 Å². The molecule has 0 aromatic heterocycles. The summed E-state index contributed by atoms with van der Waals surface area (Å²) in [6.45, 7) is 1.97. The van der Waals surface area contributed by atoms with Crippen molar-refractivity contribution >= 4 is 31.9 Å². The summed E-state index contributed by atoms with van der Waals surface area (Å²) in [5, 5.41) is 0. The van der Waals surface area contributed by atoms with Gasteiger partial charge in [-0.25, -0.2) is 4.39 Å². The quantitative estimate of drug-likeness (QED) is 0.618. The van der Waals surface area contributed by atoms with Crippen LogP contribution in [0.25, 0.3) is 0 Å². The van der Waals surface area contributed by atoms with E-state index < -0.39 is 0 Å². The topological polar surface area (TPSA) is 0 Å². The molecule has 0 aliphatic rings. The summed E-state index contributed by atoms with van der Waals surface area (Å²) in [6.07, 6.45) is 0.771. The molecule has 3 heteroatoms. The lowest BCUT2D eigenvalue weighted by molar-refractivity contribution is 0.607. The van der Waals surface area contributed by atoms with Crippen LogP contribution < -0.4 is 0 Å². The van der Waals surface area contributed by atoms with E-state index in [0.29, 0.717) is 0 Å². The van der Waals surface area contributed by atoms with E-state index in [-0.39, 0.29) is 10.6 Å². The highest BCUT2D eigenvalue weighted by molar-refractivity contribution is 9.10. The van der Waals surface area contributed by atoms with E-state index in [1.807, 2.05) is 37.3 Å². The van der Waals surface area contributed by atoms with E-state index >= 15 is 0 Å². The van der Waals surface area contributed by atoms with Crippen LogP contribution in [0.2, 0.25) is 0 Å². The molecule has 0 heterocycles. The summed E-state index contributed by atoms with van der Waals surface area (Å²) in [5.41, 5.74) is 2.98. The van der Waals surface area contributed by atoms with Crippen LogP contribution >= 0.6 is 31.9 Å². The molecule has 0 radical (unpaired) electrons. The smallest absolute Gasteiger partial charge is 0.127 e. The minimum Gasteiger partial charge on any atom is -0.207 e. The third-order valence-corrected chi connectivity index (χ3v) is 4.16. The first-order valence-corrected chi connectivity index (χ1v) is 7.41. The van der Waals surface area contributed by atoms with Crippen molar-refractivity contribution in [2.45, 2.75) is 18.2 Å². The van der Waals surface area contributed by atoms with Gasteiger partial charge < -0.3 is 0 Å². The Morgan fingerprint density at radius 1 is 1.11 bits per heavy atom. The van der Waals surface area contributed by atoms with Crippen LogP contribution in [0.4, 0.5) is 4.39 Å². The molecule has 2 aromatic rings. The SMILES string of the molecule is Cc1ccc(F)c(C(Br)Cc2ccc(Br)cc2)c1. The maximum absolute atomic E-state index is 13.7. The van der Waals surface area contributed by atoms with E-state index in [1.165, 1.54) is 11.6 Å². The van der Waals surface area contributed by atoms with Gasteiger partial charge in [0.1, 0.15) is 5.82 Å². The van der Waals surface area contributed by atoms with Crippen LogP contribution in [0, 0.1) is 12.7 Å². The molecule has 2 rings (SSSR count). The molecular formula is C15H13Br2F. The number of hydrogen-bond acceptors (Lipinski definition) is 0. The van der Waals surface area contributed by atoms with Crippen molar-refractivity contribution in [3.05, 3.63) is 69.4 Å². The fraction of sp³-hybridized carbons (Fsp3) is 0.200. The normalized spacial score (nSPS) is 12.4. The first kappa shape index (κ1) is 13.8. The van der Waals surface area contributed by atoms with Crippen LogP contribution in [-0.2, 0) is 6.42 Å². The number of benzene rings is 2. The van der Waals surface area contributed by atoms with Crippen molar-refractivity contribution in [3.63, 3.8) is 0 Å². The largest absolute Gasteiger partial charge is 0.207 e. The van der Waals surface area contributed by atoms with Gasteiger partial charge in [0.25, 0.3) is 0 Å². The monoisotopic (exact) mass is 370 g/mol. The third-order valence-electron chi connectivity index (χ3n) is 2.82. The first-order chi connectivity index (χ1) is 8.56. The van der Waals surface area contributed by atoms with Gasteiger partial charge in [-0.1, -0.05) is 61.7 Å². The Bertz CT molecular complexity index is 535. The fourth-order valence-corrected chi connectivity index (χ4v) is 2.83. The van der Waals surface area contributed by atoms with Crippen molar-refractivity contribution in [2.24, 2.45) is 0 Å². The Kier molecular flexibility index (Phi) is 4.57. The van der Waals surface area contributed by atoms with E-state index in [4.69, 9.17) is 0 Å². The number of halogens is 3. The maximum Gasteiger partial charge on any atom is 0.127 e.